The first kappa shape index (κ1) is 12.4. The minimum absolute atomic E-state index is 0.227. The number of nitrogens with one attached hydrogen (secondary N) is 1. The first-order valence-corrected chi connectivity index (χ1v) is 6.22. The van der Waals surface area contributed by atoms with Crippen LogP contribution in [0.1, 0.15) is 6.92 Å². The summed E-state index contributed by atoms with van der Waals surface area (Å²) in [7, 11) is 1.58. The summed E-state index contributed by atoms with van der Waals surface area (Å²) in [4.78, 5) is 22.8. The van der Waals surface area contributed by atoms with Crippen LogP contribution in [0.25, 0.3) is 21.9 Å². The van der Waals surface area contributed by atoms with Crippen LogP contribution in [0.2, 0.25) is 0 Å². The van der Waals surface area contributed by atoms with Gasteiger partial charge in [-0.3, -0.25) is 4.79 Å². The van der Waals surface area contributed by atoms with Crippen LogP contribution in [0.3, 0.4) is 0 Å². The lowest BCUT2D eigenvalue weighted by molar-refractivity contribution is 0.315. The van der Waals surface area contributed by atoms with E-state index in [1.165, 1.54) is 6.33 Å². The summed E-state index contributed by atoms with van der Waals surface area (Å²) in [5.74, 6) is 1.20. The van der Waals surface area contributed by atoms with Gasteiger partial charge in [0.15, 0.2) is 17.1 Å². The van der Waals surface area contributed by atoms with E-state index in [1.54, 1.807) is 19.2 Å². The van der Waals surface area contributed by atoms with E-state index in [0.717, 1.165) is 5.39 Å². The van der Waals surface area contributed by atoms with Crippen molar-refractivity contribution in [2.45, 2.75) is 6.92 Å². The molecule has 20 heavy (non-hydrogen) atoms. The van der Waals surface area contributed by atoms with Crippen molar-refractivity contribution in [1.29, 1.82) is 0 Å². The molecule has 6 heteroatoms. The van der Waals surface area contributed by atoms with E-state index < -0.39 is 0 Å². The van der Waals surface area contributed by atoms with Crippen molar-refractivity contribution in [3.8, 4) is 11.5 Å². The highest BCUT2D eigenvalue weighted by Crippen LogP contribution is 2.35. The van der Waals surface area contributed by atoms with Crippen LogP contribution < -0.4 is 15.0 Å². The Labute approximate surface area is 114 Å². The molecule has 0 saturated carbocycles. The van der Waals surface area contributed by atoms with E-state index in [9.17, 15) is 4.79 Å². The molecule has 0 atom stereocenters. The molecule has 0 saturated heterocycles. The number of methoxy groups -OCH3 is 1. The molecular formula is C14H13N3O3. The van der Waals surface area contributed by atoms with Gasteiger partial charge in [0, 0.05) is 5.39 Å². The second-order valence-electron chi connectivity index (χ2n) is 4.19. The molecule has 102 valence electrons. The molecule has 0 radical (unpaired) electrons. The Balaban J connectivity index is 2.43. The Hall–Kier alpha value is -2.63. The van der Waals surface area contributed by atoms with Gasteiger partial charge in [-0.2, -0.15) is 0 Å². The Morgan fingerprint density at radius 3 is 2.90 bits per heavy atom. The van der Waals surface area contributed by atoms with E-state index >= 15 is 0 Å². The average molecular weight is 271 g/mol. The number of ether oxygens (including phenoxy) is 2. The van der Waals surface area contributed by atoms with E-state index in [2.05, 4.69) is 15.0 Å². The number of aromatic nitrogens is 3. The third kappa shape index (κ3) is 1.85. The molecule has 2 aromatic heterocycles. The van der Waals surface area contributed by atoms with E-state index in [4.69, 9.17) is 9.47 Å². The molecule has 6 nitrogen and oxygen atoms in total. The van der Waals surface area contributed by atoms with Crippen molar-refractivity contribution < 1.29 is 9.47 Å². The van der Waals surface area contributed by atoms with Crippen LogP contribution in [0.4, 0.5) is 0 Å². The highest BCUT2D eigenvalue weighted by atomic mass is 16.5. The van der Waals surface area contributed by atoms with Crippen LogP contribution in [-0.2, 0) is 0 Å². The fourth-order valence-corrected chi connectivity index (χ4v) is 2.14. The van der Waals surface area contributed by atoms with Gasteiger partial charge in [-0.1, -0.05) is 0 Å². The molecule has 0 aliphatic heterocycles. The first-order chi connectivity index (χ1) is 9.74. The third-order valence-corrected chi connectivity index (χ3v) is 3.03. The quantitative estimate of drug-likeness (QED) is 0.736. The molecule has 0 spiro atoms. The molecular weight excluding hydrogens is 258 g/mol. The largest absolute Gasteiger partial charge is 0.493 e. The number of nitrogens with zero attached hydrogens (tertiary/aromatic N) is 2. The summed E-state index contributed by atoms with van der Waals surface area (Å²) in [6.07, 6.45) is 1.34. The molecule has 0 unspecified atom stereocenters. The maximum absolute atomic E-state index is 11.8. The SMILES string of the molecule is CCOc1c(OC)ccc2nc3nc[nH]c(=O)c3cc12. The Morgan fingerprint density at radius 1 is 1.30 bits per heavy atom. The monoisotopic (exact) mass is 271 g/mol. The molecule has 1 aromatic carbocycles. The third-order valence-electron chi connectivity index (χ3n) is 3.03. The molecule has 3 rings (SSSR count). The zero-order valence-corrected chi connectivity index (χ0v) is 11.1. The summed E-state index contributed by atoms with van der Waals surface area (Å²) < 4.78 is 10.9. The molecule has 0 aliphatic rings. The van der Waals surface area contributed by atoms with E-state index in [0.29, 0.717) is 34.7 Å². The first-order valence-electron chi connectivity index (χ1n) is 6.22. The predicted octanol–water partition coefficient (Wildman–Crippen LogP) is 1.88. The van der Waals surface area contributed by atoms with Gasteiger partial charge in [0.1, 0.15) is 0 Å². The fraction of sp³-hybridized carbons (Fsp3) is 0.214. The van der Waals surface area contributed by atoms with Crippen molar-refractivity contribution in [3.05, 3.63) is 34.9 Å². The Bertz CT molecular complexity index is 842. The Morgan fingerprint density at radius 2 is 2.15 bits per heavy atom. The van der Waals surface area contributed by atoms with Gasteiger partial charge in [0.25, 0.3) is 5.56 Å². The second-order valence-corrected chi connectivity index (χ2v) is 4.19. The van der Waals surface area contributed by atoms with Crippen molar-refractivity contribution in [3.63, 3.8) is 0 Å². The number of hydrogen-bond acceptors (Lipinski definition) is 5. The van der Waals surface area contributed by atoms with Gasteiger partial charge in [-0.15, -0.1) is 0 Å². The standard InChI is InChI=1S/C14H13N3O3/c1-3-20-12-8-6-9-13(15-7-16-14(9)18)17-10(8)4-5-11(12)19-2/h4-7H,3H2,1-2H3,(H,15,16,17,18). The highest BCUT2D eigenvalue weighted by molar-refractivity contribution is 5.95. The van der Waals surface area contributed by atoms with Crippen LogP contribution in [0.5, 0.6) is 11.5 Å². The minimum atomic E-state index is -0.227. The summed E-state index contributed by atoms with van der Waals surface area (Å²) in [6.45, 7) is 2.39. The van der Waals surface area contributed by atoms with Gasteiger partial charge in [0.2, 0.25) is 0 Å². The highest BCUT2D eigenvalue weighted by Gasteiger charge is 2.13. The van der Waals surface area contributed by atoms with Crippen molar-refractivity contribution in [2.75, 3.05) is 13.7 Å². The summed E-state index contributed by atoms with van der Waals surface area (Å²) in [5.41, 5.74) is 0.892. The van der Waals surface area contributed by atoms with Gasteiger partial charge in [-0.25, -0.2) is 9.97 Å². The zero-order chi connectivity index (χ0) is 14.1. The number of pyridine rings is 1. The lowest BCUT2D eigenvalue weighted by Crippen LogP contribution is -2.07. The normalized spacial score (nSPS) is 10.9. The van der Waals surface area contributed by atoms with Crippen LogP contribution in [-0.4, -0.2) is 28.7 Å². The topological polar surface area (TPSA) is 77.1 Å². The van der Waals surface area contributed by atoms with Gasteiger partial charge in [-0.05, 0) is 25.1 Å². The number of hydrogen-bond donors (Lipinski definition) is 1. The molecule has 0 fully saturated rings. The van der Waals surface area contributed by atoms with Crippen LogP contribution in [0, 0.1) is 0 Å². The van der Waals surface area contributed by atoms with E-state index in [-0.39, 0.29) is 5.56 Å². The number of rotatable bonds is 3. The lowest BCUT2D eigenvalue weighted by atomic mass is 10.1. The maximum Gasteiger partial charge on any atom is 0.260 e. The van der Waals surface area contributed by atoms with Crippen LogP contribution in [0.15, 0.2) is 29.3 Å². The molecule has 0 aliphatic carbocycles. The second kappa shape index (κ2) is 4.80. The van der Waals surface area contributed by atoms with Gasteiger partial charge in [0.05, 0.1) is 30.9 Å². The number of benzene rings is 1. The van der Waals surface area contributed by atoms with E-state index in [1.807, 2.05) is 13.0 Å². The fourth-order valence-electron chi connectivity index (χ4n) is 2.14. The lowest BCUT2D eigenvalue weighted by Gasteiger charge is -2.12. The maximum atomic E-state index is 11.8. The zero-order valence-electron chi connectivity index (χ0n) is 11.1. The molecule has 1 N–H and O–H groups in total. The molecule has 0 bridgehead atoms. The summed E-state index contributed by atoms with van der Waals surface area (Å²) in [5, 5.41) is 1.16. The van der Waals surface area contributed by atoms with Gasteiger partial charge >= 0.3 is 0 Å². The molecule has 0 amide bonds. The van der Waals surface area contributed by atoms with Gasteiger partial charge < -0.3 is 14.5 Å². The van der Waals surface area contributed by atoms with Crippen molar-refractivity contribution in [2.24, 2.45) is 0 Å². The average Bonchev–Trinajstić information content (AvgIpc) is 2.47. The predicted molar refractivity (Wildman–Crippen MR) is 75.4 cm³/mol. The summed E-state index contributed by atoms with van der Waals surface area (Å²) >= 11 is 0. The van der Waals surface area contributed by atoms with Crippen LogP contribution >= 0.6 is 0 Å². The Kier molecular flexibility index (Phi) is 2.98. The number of fused-ring (bicyclic) bond motifs is 2. The van der Waals surface area contributed by atoms with Crippen molar-refractivity contribution in [1.82, 2.24) is 15.0 Å². The number of aromatic amines is 1. The molecule has 2 heterocycles. The number of H-pyrrole nitrogens is 1. The smallest absolute Gasteiger partial charge is 0.260 e. The summed E-state index contributed by atoms with van der Waals surface area (Å²) in [6, 6.07) is 5.34. The van der Waals surface area contributed by atoms with Crippen molar-refractivity contribution >= 4 is 21.9 Å². The molecule has 3 aromatic rings. The minimum Gasteiger partial charge on any atom is -0.493 e.